The highest BCUT2D eigenvalue weighted by atomic mass is 15.2. The van der Waals surface area contributed by atoms with Crippen LogP contribution in [0.15, 0.2) is 0 Å². The molecule has 0 saturated carbocycles. The van der Waals surface area contributed by atoms with Crippen molar-refractivity contribution in [1.82, 2.24) is 9.80 Å². The van der Waals surface area contributed by atoms with Crippen LogP contribution in [0.2, 0.25) is 0 Å². The molecule has 0 aliphatic carbocycles. The maximum atomic E-state index is 5.81. The lowest BCUT2D eigenvalue weighted by Gasteiger charge is -2.44. The van der Waals surface area contributed by atoms with Crippen LogP contribution >= 0.6 is 0 Å². The number of piperidine rings is 2. The minimum atomic E-state index is 0.747. The second kappa shape index (κ2) is 5.48. The highest BCUT2D eigenvalue weighted by Crippen LogP contribution is 2.25. The van der Waals surface area contributed by atoms with Crippen LogP contribution in [0.1, 0.15) is 32.6 Å². The monoisotopic (exact) mass is 225 g/mol. The molecule has 0 aromatic rings. The summed E-state index contributed by atoms with van der Waals surface area (Å²) >= 11 is 0. The Morgan fingerprint density at radius 2 is 2.06 bits per heavy atom. The topological polar surface area (TPSA) is 32.5 Å². The van der Waals surface area contributed by atoms with Gasteiger partial charge >= 0.3 is 0 Å². The summed E-state index contributed by atoms with van der Waals surface area (Å²) in [6, 6.07) is 1.57. The van der Waals surface area contributed by atoms with Gasteiger partial charge in [-0.1, -0.05) is 0 Å². The minimum Gasteiger partial charge on any atom is -0.330 e. The zero-order chi connectivity index (χ0) is 11.5. The van der Waals surface area contributed by atoms with Gasteiger partial charge in [-0.3, -0.25) is 4.90 Å². The van der Waals surface area contributed by atoms with Gasteiger partial charge in [0.05, 0.1) is 0 Å². The van der Waals surface area contributed by atoms with Gasteiger partial charge in [-0.15, -0.1) is 0 Å². The molecule has 2 fully saturated rings. The van der Waals surface area contributed by atoms with E-state index in [9.17, 15) is 0 Å². The van der Waals surface area contributed by atoms with Crippen molar-refractivity contribution in [1.29, 1.82) is 0 Å². The molecule has 0 aromatic heterocycles. The van der Waals surface area contributed by atoms with E-state index in [1.165, 1.54) is 45.3 Å². The Hall–Kier alpha value is -0.120. The second-order valence-electron chi connectivity index (χ2n) is 5.75. The van der Waals surface area contributed by atoms with Gasteiger partial charge in [-0.2, -0.15) is 0 Å². The Morgan fingerprint density at radius 3 is 2.75 bits per heavy atom. The molecule has 3 nitrogen and oxygen atoms in total. The Kier molecular flexibility index (Phi) is 4.22. The lowest BCUT2D eigenvalue weighted by Crippen LogP contribution is -2.51. The van der Waals surface area contributed by atoms with Crippen molar-refractivity contribution in [2.45, 2.75) is 44.7 Å². The first-order valence-corrected chi connectivity index (χ1v) is 6.85. The smallest absolute Gasteiger partial charge is 0.0122 e. The zero-order valence-corrected chi connectivity index (χ0v) is 10.9. The summed E-state index contributed by atoms with van der Waals surface area (Å²) < 4.78 is 0. The second-order valence-corrected chi connectivity index (χ2v) is 5.75. The van der Waals surface area contributed by atoms with Gasteiger partial charge in [0.25, 0.3) is 0 Å². The van der Waals surface area contributed by atoms with Crippen molar-refractivity contribution >= 4 is 0 Å². The molecule has 0 aromatic carbocycles. The number of rotatable bonds is 2. The molecule has 2 heterocycles. The van der Waals surface area contributed by atoms with E-state index >= 15 is 0 Å². The molecule has 3 unspecified atom stereocenters. The van der Waals surface area contributed by atoms with Crippen molar-refractivity contribution in [3.8, 4) is 0 Å². The minimum absolute atomic E-state index is 0.747. The number of hydrogen-bond acceptors (Lipinski definition) is 3. The highest BCUT2D eigenvalue weighted by Gasteiger charge is 2.30. The number of likely N-dealkylation sites (tertiary alicyclic amines) is 2. The van der Waals surface area contributed by atoms with Gasteiger partial charge < -0.3 is 10.6 Å². The van der Waals surface area contributed by atoms with Crippen LogP contribution in [0.4, 0.5) is 0 Å². The molecule has 2 saturated heterocycles. The van der Waals surface area contributed by atoms with E-state index in [1.54, 1.807) is 0 Å². The van der Waals surface area contributed by atoms with Crippen molar-refractivity contribution in [2.75, 3.05) is 33.2 Å². The Morgan fingerprint density at radius 1 is 1.25 bits per heavy atom. The highest BCUT2D eigenvalue weighted by molar-refractivity contribution is 4.86. The normalized spacial score (nSPS) is 38.8. The Bertz CT molecular complexity index is 215. The number of nitrogens with zero attached hydrogens (tertiary/aromatic N) is 2. The zero-order valence-electron chi connectivity index (χ0n) is 10.9. The molecule has 2 aliphatic rings. The van der Waals surface area contributed by atoms with Crippen molar-refractivity contribution in [3.05, 3.63) is 0 Å². The molecule has 0 spiro atoms. The van der Waals surface area contributed by atoms with Gasteiger partial charge in [0.15, 0.2) is 0 Å². The molecule has 2 rings (SSSR count). The number of nitrogens with two attached hydrogens (primary N) is 1. The Labute approximate surface area is 100.0 Å². The van der Waals surface area contributed by atoms with Gasteiger partial charge in [0.1, 0.15) is 0 Å². The van der Waals surface area contributed by atoms with Crippen LogP contribution in [0, 0.1) is 5.92 Å². The summed E-state index contributed by atoms with van der Waals surface area (Å²) in [5.74, 6) is 0.753. The SMILES string of the molecule is CC1CC(N2CCCC(CN)C2)CCN1C. The lowest BCUT2D eigenvalue weighted by molar-refractivity contribution is 0.0586. The van der Waals surface area contributed by atoms with Crippen molar-refractivity contribution in [3.63, 3.8) is 0 Å². The fraction of sp³-hybridized carbons (Fsp3) is 1.00. The summed E-state index contributed by atoms with van der Waals surface area (Å²) in [6.45, 7) is 7.04. The fourth-order valence-corrected chi connectivity index (χ4v) is 3.22. The van der Waals surface area contributed by atoms with E-state index < -0.39 is 0 Å². The van der Waals surface area contributed by atoms with Crippen LogP contribution in [-0.2, 0) is 0 Å². The van der Waals surface area contributed by atoms with Crippen molar-refractivity contribution in [2.24, 2.45) is 11.7 Å². The molecule has 3 atom stereocenters. The predicted octanol–water partition coefficient (Wildman–Crippen LogP) is 1.14. The quantitative estimate of drug-likeness (QED) is 0.765. The molecule has 0 radical (unpaired) electrons. The molecule has 16 heavy (non-hydrogen) atoms. The molecule has 94 valence electrons. The average Bonchev–Trinajstić information content (AvgIpc) is 2.33. The van der Waals surface area contributed by atoms with Crippen molar-refractivity contribution < 1.29 is 0 Å². The number of hydrogen-bond donors (Lipinski definition) is 1. The average molecular weight is 225 g/mol. The summed E-state index contributed by atoms with van der Waals surface area (Å²) in [6.07, 6.45) is 5.38. The van der Waals surface area contributed by atoms with Crippen LogP contribution in [-0.4, -0.2) is 55.1 Å². The maximum absolute atomic E-state index is 5.81. The molecule has 0 amide bonds. The van der Waals surface area contributed by atoms with Crippen LogP contribution < -0.4 is 5.73 Å². The third-order valence-corrected chi connectivity index (χ3v) is 4.58. The molecule has 2 N–H and O–H groups in total. The van der Waals surface area contributed by atoms with Crippen LogP contribution in [0.3, 0.4) is 0 Å². The summed E-state index contributed by atoms with van der Waals surface area (Å²) in [5, 5.41) is 0. The molecular weight excluding hydrogens is 198 g/mol. The van der Waals surface area contributed by atoms with E-state index in [0.717, 1.165) is 24.5 Å². The van der Waals surface area contributed by atoms with E-state index in [0.29, 0.717) is 0 Å². The lowest BCUT2D eigenvalue weighted by atomic mass is 9.92. The van der Waals surface area contributed by atoms with Gasteiger partial charge in [0, 0.05) is 18.6 Å². The third-order valence-electron chi connectivity index (χ3n) is 4.58. The maximum Gasteiger partial charge on any atom is 0.0122 e. The first-order chi connectivity index (χ1) is 7.70. The van der Waals surface area contributed by atoms with Crippen LogP contribution in [0.5, 0.6) is 0 Å². The predicted molar refractivity (Wildman–Crippen MR) is 68.5 cm³/mol. The summed E-state index contributed by atoms with van der Waals surface area (Å²) in [5.41, 5.74) is 5.81. The molecular formula is C13H27N3. The molecule has 3 heteroatoms. The fourth-order valence-electron chi connectivity index (χ4n) is 3.22. The largest absolute Gasteiger partial charge is 0.330 e. The Balaban J connectivity index is 1.87. The third kappa shape index (κ3) is 2.76. The van der Waals surface area contributed by atoms with Gasteiger partial charge in [-0.25, -0.2) is 0 Å². The standard InChI is InChI=1S/C13H27N3/c1-11-8-13(5-7-15(11)2)16-6-3-4-12(9-14)10-16/h11-13H,3-10,14H2,1-2H3. The first kappa shape index (κ1) is 12.3. The van der Waals surface area contributed by atoms with Gasteiger partial charge in [-0.05, 0) is 65.2 Å². The van der Waals surface area contributed by atoms with E-state index in [1.807, 2.05) is 0 Å². The van der Waals surface area contributed by atoms with E-state index in [4.69, 9.17) is 5.73 Å². The molecule has 0 bridgehead atoms. The summed E-state index contributed by atoms with van der Waals surface area (Å²) in [7, 11) is 2.25. The van der Waals surface area contributed by atoms with E-state index in [2.05, 4.69) is 23.8 Å². The van der Waals surface area contributed by atoms with E-state index in [-0.39, 0.29) is 0 Å². The van der Waals surface area contributed by atoms with Crippen LogP contribution in [0.25, 0.3) is 0 Å². The summed E-state index contributed by atoms with van der Waals surface area (Å²) in [4.78, 5) is 5.20. The molecule has 2 aliphatic heterocycles. The van der Waals surface area contributed by atoms with Gasteiger partial charge in [0.2, 0.25) is 0 Å². The first-order valence-electron chi connectivity index (χ1n) is 6.85.